The van der Waals surface area contributed by atoms with E-state index in [9.17, 15) is 4.39 Å². The molecule has 0 aliphatic carbocycles. The summed E-state index contributed by atoms with van der Waals surface area (Å²) in [6, 6.07) is 4.63. The van der Waals surface area contributed by atoms with Crippen LogP contribution in [0, 0.1) is 5.82 Å². The van der Waals surface area contributed by atoms with Crippen LogP contribution < -0.4 is 0 Å². The molecule has 78 valence electrons. The van der Waals surface area contributed by atoms with Crippen molar-refractivity contribution < 1.29 is 4.39 Å². The number of hydrogen-bond acceptors (Lipinski definition) is 3. The van der Waals surface area contributed by atoms with E-state index in [1.807, 2.05) is 0 Å². The Morgan fingerprint density at radius 2 is 2.27 bits per heavy atom. The van der Waals surface area contributed by atoms with Gasteiger partial charge >= 0.3 is 0 Å². The Kier molecular flexibility index (Phi) is 3.33. The number of aromatic nitrogens is 2. The number of hydrogen-bond donors (Lipinski definition) is 0. The van der Waals surface area contributed by atoms with Gasteiger partial charge in [-0.25, -0.2) is 9.37 Å². The Hall–Kier alpha value is -0.520. The molecule has 1 heterocycles. The van der Waals surface area contributed by atoms with Gasteiger partial charge < -0.3 is 0 Å². The molecule has 0 amide bonds. The molecule has 0 spiro atoms. The second-order valence-corrected chi connectivity index (χ2v) is 4.79. The first-order chi connectivity index (χ1) is 7.16. The minimum absolute atomic E-state index is 0.311. The molecule has 6 heteroatoms. The maximum Gasteiger partial charge on any atom is 0.209 e. The molecule has 1 aromatic heterocycles. The summed E-state index contributed by atoms with van der Waals surface area (Å²) < 4.78 is 17.9. The molecule has 0 fully saturated rings. The number of benzene rings is 1. The lowest BCUT2D eigenvalue weighted by Crippen LogP contribution is -1.93. The van der Waals surface area contributed by atoms with Crippen LogP contribution in [-0.2, 0) is 6.42 Å². The van der Waals surface area contributed by atoms with Crippen LogP contribution in [0.4, 0.5) is 4.39 Å². The highest BCUT2D eigenvalue weighted by atomic mass is 79.9. The summed E-state index contributed by atoms with van der Waals surface area (Å²) >= 11 is 10.3. The zero-order chi connectivity index (χ0) is 10.8. The number of halogens is 3. The van der Waals surface area contributed by atoms with Crippen LogP contribution in [0.2, 0.25) is 5.02 Å². The zero-order valence-corrected chi connectivity index (χ0v) is 10.5. The van der Waals surface area contributed by atoms with Gasteiger partial charge in [-0.1, -0.05) is 17.7 Å². The van der Waals surface area contributed by atoms with Crippen molar-refractivity contribution in [2.24, 2.45) is 0 Å². The molecule has 0 aliphatic heterocycles. The molecule has 2 nitrogen and oxygen atoms in total. The van der Waals surface area contributed by atoms with E-state index in [0.29, 0.717) is 21.7 Å². The highest BCUT2D eigenvalue weighted by molar-refractivity contribution is 9.10. The minimum atomic E-state index is -0.311. The van der Waals surface area contributed by atoms with Crippen LogP contribution in [0.15, 0.2) is 22.9 Å². The predicted molar refractivity (Wildman–Crippen MR) is 61.8 cm³/mol. The summed E-state index contributed by atoms with van der Waals surface area (Å²) in [5.41, 5.74) is 0.461. The molecule has 0 unspecified atom stereocenters. The van der Waals surface area contributed by atoms with Gasteiger partial charge in [-0.3, -0.25) is 0 Å². The SMILES string of the molecule is Fc1cccc(Cl)c1Cc1nc(Br)ns1. The summed E-state index contributed by atoms with van der Waals surface area (Å²) in [6.45, 7) is 0. The normalized spacial score (nSPS) is 10.6. The van der Waals surface area contributed by atoms with Gasteiger partial charge in [0.25, 0.3) is 0 Å². The molecule has 2 aromatic rings. The lowest BCUT2D eigenvalue weighted by Gasteiger charge is -2.02. The Balaban J connectivity index is 2.31. The van der Waals surface area contributed by atoms with Gasteiger partial charge in [0.2, 0.25) is 4.73 Å². The van der Waals surface area contributed by atoms with E-state index in [1.165, 1.54) is 17.6 Å². The Morgan fingerprint density at radius 1 is 1.47 bits per heavy atom. The van der Waals surface area contributed by atoms with Gasteiger partial charge in [-0.15, -0.1) is 0 Å². The molecule has 0 N–H and O–H groups in total. The topological polar surface area (TPSA) is 25.8 Å². The van der Waals surface area contributed by atoms with Crippen molar-refractivity contribution in [1.29, 1.82) is 0 Å². The van der Waals surface area contributed by atoms with Crippen LogP contribution in [-0.4, -0.2) is 9.36 Å². The summed E-state index contributed by atoms with van der Waals surface area (Å²) in [7, 11) is 0. The number of rotatable bonds is 2. The summed E-state index contributed by atoms with van der Waals surface area (Å²) in [5.74, 6) is -0.311. The van der Waals surface area contributed by atoms with Gasteiger partial charge in [0.1, 0.15) is 10.8 Å². The first-order valence-electron chi connectivity index (χ1n) is 4.08. The molecule has 0 bridgehead atoms. The average Bonchev–Trinajstić information content (AvgIpc) is 2.58. The van der Waals surface area contributed by atoms with Crippen molar-refractivity contribution in [1.82, 2.24) is 9.36 Å². The molecule has 2 rings (SSSR count). The van der Waals surface area contributed by atoms with Crippen LogP contribution in [0.3, 0.4) is 0 Å². The molecule has 0 saturated carbocycles. The fourth-order valence-electron chi connectivity index (χ4n) is 1.16. The van der Waals surface area contributed by atoms with E-state index in [0.717, 1.165) is 5.01 Å². The summed E-state index contributed by atoms with van der Waals surface area (Å²) in [6.07, 6.45) is 0.370. The standard InChI is InChI=1S/C9H5BrClFN2S/c10-9-13-8(15-14-9)4-5-6(11)2-1-3-7(5)12/h1-3H,4H2. The summed E-state index contributed by atoms with van der Waals surface area (Å²) in [4.78, 5) is 4.09. The minimum Gasteiger partial charge on any atom is -0.214 e. The van der Waals surface area contributed by atoms with Gasteiger partial charge in [-0.05, 0) is 39.6 Å². The van der Waals surface area contributed by atoms with Gasteiger partial charge in [0.15, 0.2) is 0 Å². The monoisotopic (exact) mass is 306 g/mol. The molecular formula is C9H5BrClFN2S. The molecule has 0 atom stereocenters. The van der Waals surface area contributed by atoms with Gasteiger partial charge in [0, 0.05) is 17.0 Å². The molecule has 1 aromatic carbocycles. The third kappa shape index (κ3) is 2.53. The lowest BCUT2D eigenvalue weighted by atomic mass is 10.1. The quantitative estimate of drug-likeness (QED) is 0.846. The van der Waals surface area contributed by atoms with Crippen molar-refractivity contribution in [3.8, 4) is 0 Å². The third-order valence-corrected chi connectivity index (χ3v) is 3.49. The first kappa shape index (κ1) is 11.0. The molecule has 15 heavy (non-hydrogen) atoms. The van der Waals surface area contributed by atoms with E-state index < -0.39 is 0 Å². The Bertz CT molecular complexity index is 468. The highest BCUT2D eigenvalue weighted by Gasteiger charge is 2.10. The fraction of sp³-hybridized carbons (Fsp3) is 0.111. The van der Waals surface area contributed by atoms with E-state index >= 15 is 0 Å². The molecular weight excluding hydrogens is 303 g/mol. The number of nitrogens with zero attached hydrogens (tertiary/aromatic N) is 2. The summed E-state index contributed by atoms with van der Waals surface area (Å²) in [5, 5.41) is 1.15. The maximum absolute atomic E-state index is 13.4. The van der Waals surface area contributed by atoms with Crippen LogP contribution in [0.5, 0.6) is 0 Å². The molecule has 0 aliphatic rings. The second-order valence-electron chi connectivity index (χ2n) is 2.83. The smallest absolute Gasteiger partial charge is 0.209 e. The van der Waals surface area contributed by atoms with E-state index in [-0.39, 0.29) is 5.82 Å². The van der Waals surface area contributed by atoms with Crippen LogP contribution in [0.1, 0.15) is 10.6 Å². The zero-order valence-electron chi connectivity index (χ0n) is 7.38. The third-order valence-electron chi connectivity index (χ3n) is 1.83. The Labute approximate surface area is 103 Å². The van der Waals surface area contributed by atoms with E-state index in [1.54, 1.807) is 12.1 Å². The molecule has 0 radical (unpaired) electrons. The van der Waals surface area contributed by atoms with Crippen molar-refractivity contribution >= 4 is 39.1 Å². The van der Waals surface area contributed by atoms with E-state index in [2.05, 4.69) is 25.3 Å². The average molecular weight is 308 g/mol. The van der Waals surface area contributed by atoms with Crippen molar-refractivity contribution in [3.05, 3.63) is 44.3 Å². The lowest BCUT2D eigenvalue weighted by molar-refractivity contribution is 0.614. The van der Waals surface area contributed by atoms with Crippen LogP contribution in [0.25, 0.3) is 0 Å². The first-order valence-corrected chi connectivity index (χ1v) is 6.02. The van der Waals surface area contributed by atoms with Crippen molar-refractivity contribution in [3.63, 3.8) is 0 Å². The fourth-order valence-corrected chi connectivity index (χ4v) is 2.49. The van der Waals surface area contributed by atoms with E-state index in [4.69, 9.17) is 11.6 Å². The van der Waals surface area contributed by atoms with Crippen molar-refractivity contribution in [2.45, 2.75) is 6.42 Å². The second kappa shape index (κ2) is 4.55. The molecule has 0 saturated heterocycles. The highest BCUT2D eigenvalue weighted by Crippen LogP contribution is 2.23. The van der Waals surface area contributed by atoms with Crippen LogP contribution >= 0.6 is 39.1 Å². The predicted octanol–water partition coefficient (Wildman–Crippen LogP) is 3.68. The Morgan fingerprint density at radius 3 is 2.87 bits per heavy atom. The largest absolute Gasteiger partial charge is 0.214 e. The van der Waals surface area contributed by atoms with Gasteiger partial charge in [-0.2, -0.15) is 4.37 Å². The van der Waals surface area contributed by atoms with Crippen molar-refractivity contribution in [2.75, 3.05) is 0 Å². The maximum atomic E-state index is 13.4. The van der Waals surface area contributed by atoms with Gasteiger partial charge in [0.05, 0.1) is 0 Å².